The third-order valence-corrected chi connectivity index (χ3v) is 4.85. The molecular formula is C14H14N7O5SSi. The molecule has 14 heteroatoms. The van der Waals surface area contributed by atoms with Crippen molar-refractivity contribution in [3.05, 3.63) is 35.7 Å². The molecule has 28 heavy (non-hydrogen) atoms. The molecule has 0 aromatic carbocycles. The second-order valence-electron chi connectivity index (χ2n) is 5.41. The van der Waals surface area contributed by atoms with Crippen molar-refractivity contribution < 1.29 is 22.8 Å². The van der Waals surface area contributed by atoms with E-state index < -0.39 is 21.1 Å². The van der Waals surface area contributed by atoms with Crippen LogP contribution in [0.15, 0.2) is 34.6 Å². The number of nitrogens with two attached hydrogens (primary N) is 1. The Balaban J connectivity index is 1.88. The Morgan fingerprint density at radius 3 is 2.82 bits per heavy atom. The van der Waals surface area contributed by atoms with E-state index in [9.17, 15) is 13.2 Å². The van der Waals surface area contributed by atoms with Crippen molar-refractivity contribution in [3.8, 4) is 0 Å². The lowest BCUT2D eigenvalue weighted by Crippen LogP contribution is -2.48. The summed E-state index contributed by atoms with van der Waals surface area (Å²) < 4.78 is 32.5. The van der Waals surface area contributed by atoms with E-state index in [1.165, 1.54) is 18.3 Å². The first kappa shape index (κ1) is 19.7. The van der Waals surface area contributed by atoms with Gasteiger partial charge >= 0.3 is 6.03 Å². The van der Waals surface area contributed by atoms with Gasteiger partial charge in [0.05, 0.1) is 15.8 Å². The first-order valence-corrected chi connectivity index (χ1v) is 9.73. The largest absolute Gasteiger partial charge is 0.471 e. The number of rotatable bonds is 4. The molecule has 145 valence electrons. The lowest BCUT2D eigenvalue weighted by Gasteiger charge is -2.18. The number of nitrogens with zero attached hydrogens (tertiary/aromatic N) is 5. The van der Waals surface area contributed by atoms with Crippen LogP contribution in [0.1, 0.15) is 11.3 Å². The number of sulfonamides is 1. The van der Waals surface area contributed by atoms with Crippen LogP contribution in [0.5, 0.6) is 0 Å². The molecule has 0 fully saturated rings. The SMILES string of the molecule is Cc1cc([Si])nc(N(N)C(=O)NS(=O)(=O)c2ncccc2C2=NOCCO2)n1. The number of aromatic nitrogens is 3. The van der Waals surface area contributed by atoms with Crippen LogP contribution >= 0.6 is 0 Å². The van der Waals surface area contributed by atoms with E-state index in [-0.39, 0.29) is 30.6 Å². The summed E-state index contributed by atoms with van der Waals surface area (Å²) in [7, 11) is -1.23. The Kier molecular flexibility index (Phi) is 5.52. The topological polar surface area (TPSA) is 162 Å². The average Bonchev–Trinajstić information content (AvgIpc) is 2.67. The van der Waals surface area contributed by atoms with Crippen molar-refractivity contribution in [2.24, 2.45) is 11.0 Å². The molecule has 12 nitrogen and oxygen atoms in total. The first-order chi connectivity index (χ1) is 13.3. The Bertz CT molecular complexity index is 1030. The fraction of sp³-hybridized carbons (Fsp3) is 0.214. The average molecular weight is 420 g/mol. The molecule has 0 aliphatic carbocycles. The lowest BCUT2D eigenvalue weighted by atomic mass is 10.3. The number of ether oxygens (including phenoxy) is 1. The van der Waals surface area contributed by atoms with Crippen molar-refractivity contribution in [1.29, 1.82) is 0 Å². The van der Waals surface area contributed by atoms with E-state index in [2.05, 4.69) is 30.4 Å². The summed E-state index contributed by atoms with van der Waals surface area (Å²) in [5.41, 5.74) is 0.542. The van der Waals surface area contributed by atoms with Crippen LogP contribution in [-0.4, -0.2) is 58.8 Å². The second-order valence-corrected chi connectivity index (χ2v) is 7.52. The number of anilines is 1. The number of hydrogen-bond acceptors (Lipinski definition) is 10. The van der Waals surface area contributed by atoms with Crippen molar-refractivity contribution in [2.75, 3.05) is 18.2 Å². The molecule has 2 amide bonds. The zero-order chi connectivity index (χ0) is 20.3. The highest BCUT2D eigenvalue weighted by Gasteiger charge is 2.29. The second kappa shape index (κ2) is 7.87. The minimum absolute atomic E-state index is 0.0281. The molecule has 1 aliphatic rings. The highest BCUT2D eigenvalue weighted by atomic mass is 32.2. The molecule has 1 aliphatic heterocycles. The number of hydrogen-bond donors (Lipinski definition) is 2. The zero-order valence-corrected chi connectivity index (χ0v) is 16.3. The van der Waals surface area contributed by atoms with Crippen LogP contribution in [-0.2, 0) is 19.6 Å². The van der Waals surface area contributed by atoms with Crippen LogP contribution in [0, 0.1) is 6.92 Å². The van der Waals surface area contributed by atoms with Gasteiger partial charge in [-0.1, -0.05) is 0 Å². The Morgan fingerprint density at radius 1 is 1.36 bits per heavy atom. The first-order valence-electron chi connectivity index (χ1n) is 7.75. The fourth-order valence-corrected chi connectivity index (χ4v) is 3.54. The van der Waals surface area contributed by atoms with Gasteiger partial charge in [0.15, 0.2) is 11.6 Å². The van der Waals surface area contributed by atoms with Crippen molar-refractivity contribution in [1.82, 2.24) is 19.7 Å². The molecule has 0 unspecified atom stereocenters. The van der Waals surface area contributed by atoms with Gasteiger partial charge in [0, 0.05) is 17.2 Å². The van der Waals surface area contributed by atoms with Crippen LogP contribution in [0.3, 0.4) is 0 Å². The summed E-state index contributed by atoms with van der Waals surface area (Å²) in [6, 6.07) is 3.32. The Hall–Kier alpha value is -3.10. The normalized spacial score (nSPS) is 13.8. The highest BCUT2D eigenvalue weighted by Crippen LogP contribution is 2.16. The molecule has 0 saturated heterocycles. The van der Waals surface area contributed by atoms with Gasteiger partial charge in [0.25, 0.3) is 15.9 Å². The smallest absolute Gasteiger partial charge is 0.352 e. The third-order valence-electron chi connectivity index (χ3n) is 3.32. The van der Waals surface area contributed by atoms with Crippen LogP contribution in [0.4, 0.5) is 10.7 Å². The van der Waals surface area contributed by atoms with Gasteiger partial charge in [-0.25, -0.2) is 30.3 Å². The third kappa shape index (κ3) is 4.24. The van der Waals surface area contributed by atoms with Gasteiger partial charge in [-0.15, -0.1) is 0 Å². The summed E-state index contributed by atoms with van der Waals surface area (Å²) >= 11 is 0. The minimum atomic E-state index is -4.43. The molecule has 0 spiro atoms. The maximum absolute atomic E-state index is 12.7. The minimum Gasteiger partial charge on any atom is -0.471 e. The van der Waals surface area contributed by atoms with E-state index in [4.69, 9.17) is 15.4 Å². The monoisotopic (exact) mass is 420 g/mol. The summed E-state index contributed by atoms with van der Waals surface area (Å²) in [4.78, 5) is 29.0. The van der Waals surface area contributed by atoms with Gasteiger partial charge in [-0.2, -0.15) is 13.4 Å². The van der Waals surface area contributed by atoms with Gasteiger partial charge in [-0.05, 0) is 30.3 Å². The number of oxime groups is 1. The predicted molar refractivity (Wildman–Crippen MR) is 97.2 cm³/mol. The lowest BCUT2D eigenvalue weighted by molar-refractivity contribution is 0.0653. The Labute approximate surface area is 163 Å². The van der Waals surface area contributed by atoms with E-state index in [0.29, 0.717) is 16.0 Å². The summed E-state index contributed by atoms with van der Waals surface area (Å²) in [5.74, 6) is 5.40. The van der Waals surface area contributed by atoms with E-state index in [1.54, 1.807) is 13.0 Å². The van der Waals surface area contributed by atoms with Crippen molar-refractivity contribution in [2.45, 2.75) is 11.9 Å². The highest BCUT2D eigenvalue weighted by molar-refractivity contribution is 7.90. The van der Waals surface area contributed by atoms with Crippen LogP contribution < -0.4 is 20.9 Å². The molecule has 3 N–H and O–H groups in total. The maximum Gasteiger partial charge on any atom is 0.352 e. The molecular weight excluding hydrogens is 406 g/mol. The quantitative estimate of drug-likeness (QED) is 0.258. The zero-order valence-electron chi connectivity index (χ0n) is 14.5. The molecule has 3 rings (SSSR count). The number of pyridine rings is 1. The van der Waals surface area contributed by atoms with E-state index >= 15 is 0 Å². The van der Waals surface area contributed by atoms with Gasteiger partial charge < -0.3 is 9.57 Å². The summed E-state index contributed by atoms with van der Waals surface area (Å²) in [5, 5.41) is 4.03. The van der Waals surface area contributed by atoms with E-state index in [0.717, 1.165) is 0 Å². The predicted octanol–water partition coefficient (Wildman–Crippen LogP) is -1.54. The standard InChI is InChI=1S/C14H14N7O5SSi/c1-8-7-10(28)18-13(17-8)21(15)14(22)20-27(23,24)12-9(3-2-4-16-12)11-19-26-6-5-25-11/h2-4,7H,5-6,15H2,1H3,(H,20,22). The summed E-state index contributed by atoms with van der Waals surface area (Å²) in [6.45, 7) is 2.08. The number of hydrazine groups is 1. The van der Waals surface area contributed by atoms with Crippen LogP contribution in [0.25, 0.3) is 0 Å². The summed E-state index contributed by atoms with van der Waals surface area (Å²) in [6.07, 6.45) is 1.24. The van der Waals surface area contributed by atoms with Gasteiger partial charge in [0.1, 0.15) is 6.61 Å². The number of urea groups is 1. The molecule has 0 saturated carbocycles. The molecule has 3 radical (unpaired) electrons. The molecule has 2 aromatic rings. The maximum atomic E-state index is 12.7. The molecule has 0 atom stereocenters. The molecule has 3 heterocycles. The van der Waals surface area contributed by atoms with Crippen LogP contribution in [0.2, 0.25) is 0 Å². The number of aryl methyl sites for hydroxylation is 1. The fourth-order valence-electron chi connectivity index (χ4n) is 2.16. The Morgan fingerprint density at radius 2 is 2.14 bits per heavy atom. The van der Waals surface area contributed by atoms with Crippen molar-refractivity contribution in [3.63, 3.8) is 0 Å². The van der Waals surface area contributed by atoms with E-state index in [1.807, 2.05) is 4.72 Å². The number of amides is 2. The number of nitrogens with one attached hydrogen (secondary N) is 1. The molecule has 2 aromatic heterocycles. The molecule has 0 bridgehead atoms. The van der Waals surface area contributed by atoms with Gasteiger partial charge in [0.2, 0.25) is 5.95 Å². The number of carbonyl (C=O) groups excluding carboxylic acids is 1. The van der Waals surface area contributed by atoms with Crippen molar-refractivity contribution >= 4 is 43.5 Å². The van der Waals surface area contributed by atoms with Gasteiger partial charge in [-0.3, -0.25) is 0 Å². The number of carbonyl (C=O) groups is 1.